The van der Waals surface area contributed by atoms with Crippen LogP contribution in [-0.2, 0) is 6.18 Å². The Morgan fingerprint density at radius 1 is 0.781 bits per heavy atom. The summed E-state index contributed by atoms with van der Waals surface area (Å²) in [5.74, 6) is 0.223. The fourth-order valence-electron chi connectivity index (χ4n) is 3.29. The van der Waals surface area contributed by atoms with E-state index in [4.69, 9.17) is 5.53 Å². The van der Waals surface area contributed by atoms with Crippen molar-refractivity contribution in [2.24, 2.45) is 5.11 Å². The van der Waals surface area contributed by atoms with Gasteiger partial charge in [0.15, 0.2) is 11.9 Å². The molecule has 32 heavy (non-hydrogen) atoms. The van der Waals surface area contributed by atoms with Crippen LogP contribution in [0.4, 0.5) is 13.2 Å². The van der Waals surface area contributed by atoms with Gasteiger partial charge in [0.2, 0.25) is 0 Å². The van der Waals surface area contributed by atoms with Crippen LogP contribution in [0, 0.1) is 5.53 Å². The molecule has 1 heterocycles. The number of benzene rings is 3. The van der Waals surface area contributed by atoms with E-state index in [2.05, 4.69) is 15.1 Å². The maximum absolute atomic E-state index is 13.3. The first-order chi connectivity index (χ1) is 15.3. The molecule has 0 aliphatic rings. The Labute approximate surface area is 181 Å². The molecule has 8 heteroatoms. The third kappa shape index (κ3) is 4.49. The van der Waals surface area contributed by atoms with Crippen molar-refractivity contribution in [2.75, 3.05) is 0 Å². The van der Waals surface area contributed by atoms with Gasteiger partial charge in [-0.15, -0.1) is 0 Å². The Kier molecular flexibility index (Phi) is 5.68. The van der Waals surface area contributed by atoms with E-state index in [9.17, 15) is 18.3 Å². The molecule has 1 atom stereocenters. The molecular weight excluding hydrogens is 417 g/mol. The maximum Gasteiger partial charge on any atom is 0.416 e. The summed E-state index contributed by atoms with van der Waals surface area (Å²) in [5, 5.41) is 13.2. The first kappa shape index (κ1) is 21.2. The summed E-state index contributed by atoms with van der Waals surface area (Å²) in [4.78, 5) is 9.03. The molecule has 0 saturated carbocycles. The quantitative estimate of drug-likeness (QED) is 0.345. The zero-order valence-electron chi connectivity index (χ0n) is 16.6. The predicted octanol–water partition coefficient (Wildman–Crippen LogP) is 6.66. The van der Waals surface area contributed by atoms with Crippen molar-refractivity contribution in [1.29, 1.82) is 5.53 Å². The molecule has 0 spiro atoms. The van der Waals surface area contributed by atoms with Gasteiger partial charge in [-0.1, -0.05) is 54.6 Å². The van der Waals surface area contributed by atoms with E-state index in [1.807, 2.05) is 30.3 Å². The molecule has 0 aliphatic carbocycles. The van der Waals surface area contributed by atoms with Gasteiger partial charge in [-0.05, 0) is 35.9 Å². The molecule has 160 valence electrons. The average molecular weight is 434 g/mol. The minimum Gasteiger partial charge on any atom is -0.508 e. The van der Waals surface area contributed by atoms with Crippen molar-refractivity contribution >= 4 is 0 Å². The first-order valence-corrected chi connectivity index (χ1v) is 9.62. The molecule has 0 amide bonds. The van der Waals surface area contributed by atoms with E-state index in [0.717, 1.165) is 17.7 Å². The van der Waals surface area contributed by atoms with Gasteiger partial charge in [-0.3, -0.25) is 0 Å². The monoisotopic (exact) mass is 434 g/mol. The van der Waals surface area contributed by atoms with Gasteiger partial charge in [0.05, 0.1) is 17.0 Å². The Balaban J connectivity index is 1.89. The second kappa shape index (κ2) is 8.58. The van der Waals surface area contributed by atoms with Gasteiger partial charge in [0.25, 0.3) is 0 Å². The Hall–Kier alpha value is -4.07. The van der Waals surface area contributed by atoms with E-state index in [1.54, 1.807) is 24.3 Å². The smallest absolute Gasteiger partial charge is 0.416 e. The first-order valence-electron chi connectivity index (χ1n) is 9.62. The topological polar surface area (TPSA) is 82.2 Å². The summed E-state index contributed by atoms with van der Waals surface area (Å²) in [5.41, 5.74) is 9.28. The van der Waals surface area contributed by atoms with E-state index in [-0.39, 0.29) is 22.8 Å². The molecule has 5 nitrogen and oxygen atoms in total. The van der Waals surface area contributed by atoms with E-state index in [0.29, 0.717) is 11.3 Å². The van der Waals surface area contributed by atoms with Crippen LogP contribution in [0.1, 0.15) is 23.0 Å². The number of aromatic nitrogens is 2. The zero-order chi connectivity index (χ0) is 22.7. The fourth-order valence-corrected chi connectivity index (χ4v) is 3.29. The highest BCUT2D eigenvalue weighted by atomic mass is 19.4. The summed E-state index contributed by atoms with van der Waals surface area (Å²) in [6, 6.07) is 20.9. The summed E-state index contributed by atoms with van der Waals surface area (Å²) in [7, 11) is 0. The van der Waals surface area contributed by atoms with Crippen LogP contribution in [0.25, 0.3) is 22.5 Å². The van der Waals surface area contributed by atoms with Crippen LogP contribution in [0.5, 0.6) is 5.75 Å². The highest BCUT2D eigenvalue weighted by Gasteiger charge is 2.30. The van der Waals surface area contributed by atoms with Crippen LogP contribution in [-0.4, -0.2) is 15.1 Å². The van der Waals surface area contributed by atoms with Crippen molar-refractivity contribution in [3.63, 3.8) is 0 Å². The van der Waals surface area contributed by atoms with E-state index >= 15 is 0 Å². The number of rotatable bonds is 5. The van der Waals surface area contributed by atoms with Crippen molar-refractivity contribution in [2.45, 2.75) is 12.2 Å². The summed E-state index contributed by atoms with van der Waals surface area (Å²) >= 11 is 0. The molecule has 1 unspecified atom stereocenters. The van der Waals surface area contributed by atoms with E-state index < -0.39 is 17.8 Å². The minimum atomic E-state index is -4.49. The van der Waals surface area contributed by atoms with Crippen LogP contribution < -0.4 is 0 Å². The van der Waals surface area contributed by atoms with Gasteiger partial charge in [-0.25, -0.2) is 15.5 Å². The minimum absolute atomic E-state index is 0.0566. The standard InChI is InChI=1S/C24H17F3N4O/c25-24(26,27)18-8-4-7-17(13-18)21-14-20(15-5-2-1-3-6-15)29-23(30-21)22(31-28)16-9-11-19(32)12-10-16/h1-14,22,28,32H. The van der Waals surface area contributed by atoms with Gasteiger partial charge >= 0.3 is 6.18 Å². The number of alkyl halides is 3. The van der Waals surface area contributed by atoms with Gasteiger partial charge in [0.1, 0.15) is 5.75 Å². The van der Waals surface area contributed by atoms with Gasteiger partial charge in [0, 0.05) is 11.1 Å². The molecule has 0 bridgehead atoms. The Bertz CT molecular complexity index is 1240. The zero-order valence-corrected chi connectivity index (χ0v) is 16.6. The van der Waals surface area contributed by atoms with E-state index in [1.165, 1.54) is 18.2 Å². The van der Waals surface area contributed by atoms with Crippen molar-refractivity contribution in [3.8, 4) is 28.3 Å². The number of hydrogen-bond donors (Lipinski definition) is 2. The number of nitrogens with zero attached hydrogens (tertiary/aromatic N) is 3. The van der Waals surface area contributed by atoms with Crippen LogP contribution in [0.15, 0.2) is 90.0 Å². The average Bonchev–Trinajstić information content (AvgIpc) is 2.81. The highest BCUT2D eigenvalue weighted by Crippen LogP contribution is 2.34. The highest BCUT2D eigenvalue weighted by molar-refractivity contribution is 5.68. The number of nitrogens with one attached hydrogen (secondary N) is 1. The second-order valence-corrected chi connectivity index (χ2v) is 7.06. The number of hydrogen-bond acceptors (Lipinski definition) is 5. The van der Waals surface area contributed by atoms with Crippen molar-refractivity contribution in [1.82, 2.24) is 9.97 Å². The summed E-state index contributed by atoms with van der Waals surface area (Å²) in [6.45, 7) is 0. The molecule has 1 aromatic heterocycles. The van der Waals surface area contributed by atoms with Gasteiger partial charge < -0.3 is 5.11 Å². The molecule has 4 rings (SSSR count). The molecule has 2 N–H and O–H groups in total. The molecule has 0 saturated heterocycles. The van der Waals surface area contributed by atoms with Crippen molar-refractivity contribution < 1.29 is 18.3 Å². The molecule has 0 radical (unpaired) electrons. The maximum atomic E-state index is 13.3. The molecule has 0 aliphatic heterocycles. The normalized spacial score (nSPS) is 12.3. The predicted molar refractivity (Wildman–Crippen MR) is 113 cm³/mol. The lowest BCUT2D eigenvalue weighted by molar-refractivity contribution is -0.137. The number of phenolic OH excluding ortho intramolecular Hbond substituents is 1. The third-order valence-corrected chi connectivity index (χ3v) is 4.88. The Morgan fingerprint density at radius 2 is 1.41 bits per heavy atom. The molecular formula is C24H17F3N4O. The summed E-state index contributed by atoms with van der Waals surface area (Å²) < 4.78 is 39.8. The fraction of sp³-hybridized carbons (Fsp3) is 0.0833. The lowest BCUT2D eigenvalue weighted by atomic mass is 10.0. The van der Waals surface area contributed by atoms with Gasteiger partial charge in [-0.2, -0.15) is 18.3 Å². The van der Waals surface area contributed by atoms with Crippen molar-refractivity contribution in [3.05, 3.63) is 102 Å². The van der Waals surface area contributed by atoms with Crippen LogP contribution in [0.3, 0.4) is 0 Å². The third-order valence-electron chi connectivity index (χ3n) is 4.88. The lowest BCUT2D eigenvalue weighted by Gasteiger charge is -2.14. The van der Waals surface area contributed by atoms with Crippen LogP contribution in [0.2, 0.25) is 0 Å². The largest absolute Gasteiger partial charge is 0.508 e. The SMILES string of the molecule is N=NC(c1ccc(O)cc1)c1nc(-c2ccccc2)cc(-c2cccc(C(F)(F)F)c2)n1. The molecule has 0 fully saturated rings. The molecule has 4 aromatic rings. The van der Waals surface area contributed by atoms with Crippen LogP contribution >= 0.6 is 0 Å². The number of phenols is 1. The lowest BCUT2D eigenvalue weighted by Crippen LogP contribution is -2.07. The number of aromatic hydroxyl groups is 1. The summed E-state index contributed by atoms with van der Waals surface area (Å²) in [6.07, 6.45) is -4.49. The second-order valence-electron chi connectivity index (χ2n) is 7.06. The number of halogens is 3. The Morgan fingerprint density at radius 3 is 2.03 bits per heavy atom. The molecule has 3 aromatic carbocycles.